The Kier molecular flexibility index (Phi) is 5.50. The molecule has 0 saturated carbocycles. The van der Waals surface area contributed by atoms with Gasteiger partial charge in [0.25, 0.3) is 0 Å². The summed E-state index contributed by atoms with van der Waals surface area (Å²) in [6.45, 7) is 0. The summed E-state index contributed by atoms with van der Waals surface area (Å²) < 4.78 is 26.5. The second-order valence-electron chi connectivity index (χ2n) is 6.06. The predicted octanol–water partition coefficient (Wildman–Crippen LogP) is 1.37. The Balaban J connectivity index is 2.24. The molecule has 1 aliphatic heterocycles. The smallest absolute Gasteiger partial charge is 0.311 e. The Hall–Kier alpha value is -3.87. The van der Waals surface area contributed by atoms with E-state index in [1.54, 1.807) is 12.1 Å². The van der Waals surface area contributed by atoms with E-state index in [4.69, 9.17) is 29.4 Å². The fourth-order valence-electron chi connectivity index (χ4n) is 3.26. The molecule has 0 amide bonds. The molecule has 0 spiro atoms. The molecule has 1 aromatic carbocycles. The molecule has 152 valence electrons. The number of nitrogens with zero attached hydrogens (tertiary/aromatic N) is 2. The summed E-state index contributed by atoms with van der Waals surface area (Å²) in [7, 11) is 5.77. The van der Waals surface area contributed by atoms with Crippen LogP contribution in [-0.2, 0) is 16.0 Å². The van der Waals surface area contributed by atoms with Gasteiger partial charge in [-0.2, -0.15) is 5.26 Å². The molecule has 0 radical (unpaired) electrons. The Morgan fingerprint density at radius 2 is 1.90 bits per heavy atom. The van der Waals surface area contributed by atoms with Crippen molar-refractivity contribution in [2.45, 2.75) is 12.3 Å². The van der Waals surface area contributed by atoms with Gasteiger partial charge in [0.1, 0.15) is 11.6 Å². The number of H-pyrrole nitrogens is 1. The van der Waals surface area contributed by atoms with Crippen LogP contribution >= 0.6 is 0 Å². The van der Waals surface area contributed by atoms with Crippen molar-refractivity contribution in [3.63, 3.8) is 0 Å². The van der Waals surface area contributed by atoms with Crippen LogP contribution in [0.5, 0.6) is 23.1 Å². The molecule has 0 aliphatic carbocycles. The first kappa shape index (κ1) is 19.9. The quantitative estimate of drug-likeness (QED) is 0.687. The molecule has 0 saturated heterocycles. The number of aromatic amines is 1. The summed E-state index contributed by atoms with van der Waals surface area (Å²) in [4.78, 5) is 11.8. The molecular formula is C19H20N4O6. The van der Waals surface area contributed by atoms with Gasteiger partial charge in [0, 0.05) is 0 Å². The van der Waals surface area contributed by atoms with E-state index in [9.17, 15) is 10.1 Å². The van der Waals surface area contributed by atoms with Crippen molar-refractivity contribution in [2.24, 2.45) is 5.73 Å². The van der Waals surface area contributed by atoms with Crippen LogP contribution in [0.2, 0.25) is 0 Å². The van der Waals surface area contributed by atoms with E-state index >= 15 is 0 Å². The van der Waals surface area contributed by atoms with Gasteiger partial charge in [-0.05, 0) is 17.7 Å². The molecule has 2 heterocycles. The van der Waals surface area contributed by atoms with E-state index in [2.05, 4.69) is 16.3 Å². The highest BCUT2D eigenvalue weighted by Crippen LogP contribution is 2.47. The molecule has 0 unspecified atom stereocenters. The standard InChI is InChI=1S/C19H20N4O6/c1-25-12-5-9(6-13(26-2)17(12)28-4)15-10(8-20)18(21)29-19-16(15)11(22-23-19)7-14(24)27-3/h5-6,15H,7,21H2,1-4H3,(H,22,23)/t15-/m1/s1. The maximum Gasteiger partial charge on any atom is 0.311 e. The van der Waals surface area contributed by atoms with Crippen LogP contribution in [0, 0.1) is 11.3 Å². The van der Waals surface area contributed by atoms with Gasteiger partial charge >= 0.3 is 5.97 Å². The minimum Gasteiger partial charge on any atom is -0.493 e. The first-order valence-corrected chi connectivity index (χ1v) is 8.50. The van der Waals surface area contributed by atoms with Crippen LogP contribution in [-0.4, -0.2) is 44.6 Å². The molecule has 2 aromatic rings. The van der Waals surface area contributed by atoms with E-state index in [-0.39, 0.29) is 23.8 Å². The number of methoxy groups -OCH3 is 4. The molecule has 10 heteroatoms. The molecule has 0 bridgehead atoms. The van der Waals surface area contributed by atoms with Gasteiger partial charge in [0.2, 0.25) is 17.5 Å². The van der Waals surface area contributed by atoms with Crippen molar-refractivity contribution in [3.05, 3.63) is 40.4 Å². The largest absolute Gasteiger partial charge is 0.493 e. The first-order chi connectivity index (χ1) is 14.0. The summed E-state index contributed by atoms with van der Waals surface area (Å²) in [6.07, 6.45) is -0.0816. The Bertz CT molecular complexity index is 995. The maximum atomic E-state index is 11.8. The summed E-state index contributed by atoms with van der Waals surface area (Å²) in [5, 5.41) is 16.6. The van der Waals surface area contributed by atoms with Crippen molar-refractivity contribution < 1.29 is 28.5 Å². The fraction of sp³-hybridized carbons (Fsp3) is 0.316. The second-order valence-corrected chi connectivity index (χ2v) is 6.06. The zero-order valence-corrected chi connectivity index (χ0v) is 16.4. The van der Waals surface area contributed by atoms with Gasteiger partial charge < -0.3 is 29.4 Å². The average molecular weight is 400 g/mol. The lowest BCUT2D eigenvalue weighted by Crippen LogP contribution is -2.22. The summed E-state index contributed by atoms with van der Waals surface area (Å²) >= 11 is 0. The third-order valence-corrected chi connectivity index (χ3v) is 4.59. The number of aromatic nitrogens is 2. The number of benzene rings is 1. The number of ether oxygens (including phenoxy) is 5. The second kappa shape index (κ2) is 8.02. The third kappa shape index (κ3) is 3.38. The van der Waals surface area contributed by atoms with E-state index < -0.39 is 11.9 Å². The van der Waals surface area contributed by atoms with Crippen LogP contribution in [0.1, 0.15) is 22.7 Å². The number of allylic oxidation sites excluding steroid dienone is 1. The van der Waals surface area contributed by atoms with E-state index in [0.29, 0.717) is 34.1 Å². The lowest BCUT2D eigenvalue weighted by molar-refractivity contribution is -0.139. The Morgan fingerprint density at radius 3 is 2.41 bits per heavy atom. The molecule has 3 N–H and O–H groups in total. The number of carbonyl (C=O) groups is 1. The van der Waals surface area contributed by atoms with Crippen molar-refractivity contribution in [1.82, 2.24) is 10.2 Å². The number of hydrogen-bond acceptors (Lipinski definition) is 9. The molecular weight excluding hydrogens is 380 g/mol. The third-order valence-electron chi connectivity index (χ3n) is 4.59. The van der Waals surface area contributed by atoms with Gasteiger partial charge in [-0.1, -0.05) is 0 Å². The van der Waals surface area contributed by atoms with Crippen LogP contribution in [0.15, 0.2) is 23.6 Å². The lowest BCUT2D eigenvalue weighted by Gasteiger charge is -2.25. The van der Waals surface area contributed by atoms with Crippen molar-refractivity contribution in [2.75, 3.05) is 28.4 Å². The molecule has 1 atom stereocenters. The highest BCUT2D eigenvalue weighted by atomic mass is 16.5. The van der Waals surface area contributed by atoms with Crippen LogP contribution < -0.4 is 24.7 Å². The Labute approximate surface area is 166 Å². The number of nitrogens with two attached hydrogens (primary N) is 1. The highest BCUT2D eigenvalue weighted by molar-refractivity contribution is 5.73. The monoisotopic (exact) mass is 400 g/mol. The summed E-state index contributed by atoms with van der Waals surface area (Å²) in [6, 6.07) is 5.51. The van der Waals surface area contributed by atoms with Crippen molar-refractivity contribution in [3.8, 4) is 29.2 Å². The van der Waals surface area contributed by atoms with Crippen LogP contribution in [0.3, 0.4) is 0 Å². The summed E-state index contributed by atoms with van der Waals surface area (Å²) in [5.41, 5.74) is 7.72. The number of esters is 1. The van der Waals surface area contributed by atoms with Crippen LogP contribution in [0.25, 0.3) is 0 Å². The number of nitriles is 1. The van der Waals surface area contributed by atoms with Gasteiger partial charge in [-0.15, -0.1) is 5.10 Å². The van der Waals surface area contributed by atoms with Gasteiger partial charge in [0.15, 0.2) is 11.5 Å². The topological polar surface area (TPSA) is 142 Å². The minimum absolute atomic E-state index is 0.0742. The molecule has 1 aromatic heterocycles. The maximum absolute atomic E-state index is 11.8. The fourth-order valence-corrected chi connectivity index (χ4v) is 3.26. The molecule has 29 heavy (non-hydrogen) atoms. The van der Waals surface area contributed by atoms with Crippen molar-refractivity contribution in [1.29, 1.82) is 5.26 Å². The van der Waals surface area contributed by atoms with E-state index in [1.807, 2.05) is 0 Å². The lowest BCUT2D eigenvalue weighted by atomic mass is 9.83. The SMILES string of the molecule is COC(=O)Cc1[nH]nc2c1[C@H](c1cc(OC)c(OC)c(OC)c1)C(C#N)=C(N)O2. The van der Waals surface area contributed by atoms with Gasteiger partial charge in [-0.25, -0.2) is 0 Å². The van der Waals surface area contributed by atoms with Gasteiger partial charge in [0.05, 0.1) is 52.0 Å². The molecule has 0 fully saturated rings. The average Bonchev–Trinajstić information content (AvgIpc) is 3.12. The van der Waals surface area contributed by atoms with E-state index in [1.165, 1.54) is 28.4 Å². The predicted molar refractivity (Wildman–Crippen MR) is 99.7 cm³/mol. The zero-order valence-electron chi connectivity index (χ0n) is 16.4. The normalized spacial score (nSPS) is 15.1. The van der Waals surface area contributed by atoms with Gasteiger partial charge in [-0.3, -0.25) is 9.89 Å². The number of fused-ring (bicyclic) bond motifs is 1. The molecule has 10 nitrogen and oxygen atoms in total. The van der Waals surface area contributed by atoms with Crippen LogP contribution in [0.4, 0.5) is 0 Å². The number of nitrogens with one attached hydrogen (secondary N) is 1. The zero-order chi connectivity index (χ0) is 21.1. The first-order valence-electron chi connectivity index (χ1n) is 8.50. The number of carbonyl (C=O) groups excluding carboxylic acids is 1. The highest BCUT2D eigenvalue weighted by Gasteiger charge is 2.36. The molecule has 1 aliphatic rings. The number of hydrogen-bond donors (Lipinski definition) is 2. The Morgan fingerprint density at radius 1 is 1.24 bits per heavy atom. The minimum atomic E-state index is -0.670. The number of rotatable bonds is 6. The summed E-state index contributed by atoms with van der Waals surface area (Å²) in [5.74, 6) is 0.182. The van der Waals surface area contributed by atoms with E-state index in [0.717, 1.165) is 0 Å². The molecule has 3 rings (SSSR count). The van der Waals surface area contributed by atoms with Crippen molar-refractivity contribution >= 4 is 5.97 Å².